The molecule has 1 aliphatic heterocycles. The van der Waals surface area contributed by atoms with Gasteiger partial charge in [0.15, 0.2) is 0 Å². The highest BCUT2D eigenvalue weighted by Gasteiger charge is 2.46. The molecule has 9 heteroatoms. The van der Waals surface area contributed by atoms with E-state index in [-0.39, 0.29) is 11.4 Å². The summed E-state index contributed by atoms with van der Waals surface area (Å²) in [7, 11) is -2.39. The van der Waals surface area contributed by atoms with Crippen LogP contribution in [0.1, 0.15) is 20.3 Å². The normalized spacial score (nSPS) is 21.8. The third-order valence-corrected chi connectivity index (χ3v) is 7.31. The molecule has 7 nitrogen and oxygen atoms in total. The number of nitrogens with zero attached hydrogens (tertiary/aromatic N) is 1. The van der Waals surface area contributed by atoms with Gasteiger partial charge in [0.2, 0.25) is 10.0 Å². The summed E-state index contributed by atoms with van der Waals surface area (Å²) in [6, 6.07) is 5.01. The van der Waals surface area contributed by atoms with Crippen molar-refractivity contribution in [3.63, 3.8) is 0 Å². The lowest BCUT2D eigenvalue weighted by Crippen LogP contribution is -2.57. The third-order valence-electron chi connectivity index (χ3n) is 3.97. The molecule has 1 aromatic rings. The lowest BCUT2D eigenvalue weighted by atomic mass is 10.0. The molecule has 0 radical (unpaired) electrons. The minimum absolute atomic E-state index is 0.0849. The summed E-state index contributed by atoms with van der Waals surface area (Å²) in [6.07, 6.45) is 0.624. The summed E-state index contributed by atoms with van der Waals surface area (Å²) < 4.78 is 31.7. The molecule has 0 unspecified atom stereocenters. The summed E-state index contributed by atoms with van der Waals surface area (Å²) in [5, 5.41) is 9.09. The molecule has 1 aromatic carbocycles. The zero-order valence-electron chi connectivity index (χ0n) is 13.9. The summed E-state index contributed by atoms with van der Waals surface area (Å²) in [4.78, 5) is 12.3. The summed E-state index contributed by atoms with van der Waals surface area (Å²) in [5.41, 5.74) is 1.61. The van der Waals surface area contributed by atoms with Gasteiger partial charge in [0.25, 0.3) is 5.91 Å². The lowest BCUT2D eigenvalue weighted by Gasteiger charge is -2.36. The Balaban J connectivity index is 2.48. The molecule has 2 rings (SSSR count). The Hall–Kier alpha value is -1.29. The molecule has 1 aliphatic rings. The first kappa shape index (κ1) is 19.0. The van der Waals surface area contributed by atoms with Gasteiger partial charge >= 0.3 is 0 Å². The average molecular weight is 374 g/mol. The Morgan fingerprint density at radius 2 is 2.00 bits per heavy atom. The zero-order valence-corrected chi connectivity index (χ0v) is 15.5. The van der Waals surface area contributed by atoms with E-state index in [1.54, 1.807) is 31.5 Å². The lowest BCUT2D eigenvalue weighted by molar-refractivity contribution is -0.133. The maximum absolute atomic E-state index is 13.1. The number of rotatable bonds is 4. The van der Waals surface area contributed by atoms with Crippen molar-refractivity contribution in [2.75, 3.05) is 19.4 Å². The van der Waals surface area contributed by atoms with E-state index in [4.69, 9.17) is 9.94 Å². The van der Waals surface area contributed by atoms with Crippen molar-refractivity contribution >= 4 is 27.7 Å². The van der Waals surface area contributed by atoms with Crippen LogP contribution in [0.5, 0.6) is 5.75 Å². The van der Waals surface area contributed by atoms with E-state index >= 15 is 0 Å². The molecule has 2 N–H and O–H groups in total. The van der Waals surface area contributed by atoms with Crippen LogP contribution in [-0.2, 0) is 14.8 Å². The predicted molar refractivity (Wildman–Crippen MR) is 91.8 cm³/mol. The molecule has 0 aliphatic carbocycles. The second-order valence-electron chi connectivity index (χ2n) is 5.98. The fraction of sp³-hybridized carbons (Fsp3) is 0.533. The van der Waals surface area contributed by atoms with Gasteiger partial charge in [-0.3, -0.25) is 10.0 Å². The molecule has 1 fully saturated rings. The van der Waals surface area contributed by atoms with Crippen LogP contribution >= 0.6 is 11.8 Å². The Bertz CT molecular complexity index is 688. The first-order valence-electron chi connectivity index (χ1n) is 7.48. The number of hydrogen-bond donors (Lipinski definition) is 2. The molecule has 24 heavy (non-hydrogen) atoms. The van der Waals surface area contributed by atoms with Gasteiger partial charge in [-0.1, -0.05) is 0 Å². The molecule has 1 heterocycles. The molecule has 0 aromatic heterocycles. The van der Waals surface area contributed by atoms with Gasteiger partial charge in [0.05, 0.1) is 12.0 Å². The van der Waals surface area contributed by atoms with E-state index in [1.807, 2.05) is 0 Å². The Morgan fingerprint density at radius 3 is 2.54 bits per heavy atom. The van der Waals surface area contributed by atoms with Crippen LogP contribution in [0.4, 0.5) is 0 Å². The van der Waals surface area contributed by atoms with Gasteiger partial charge < -0.3 is 4.74 Å². The molecule has 1 saturated heterocycles. The van der Waals surface area contributed by atoms with Crippen LogP contribution in [0.3, 0.4) is 0 Å². The van der Waals surface area contributed by atoms with Crippen LogP contribution in [0.25, 0.3) is 0 Å². The number of carbonyl (C=O) groups excluding carboxylic acids is 1. The SMILES string of the molecule is COc1ccc(S(=O)(=O)N2CCCSC(C)(C)[C@H]2C(=O)NO)cc1. The quantitative estimate of drug-likeness (QED) is 0.612. The van der Waals surface area contributed by atoms with Gasteiger partial charge in [-0.05, 0) is 50.3 Å². The summed E-state index contributed by atoms with van der Waals surface area (Å²) >= 11 is 1.52. The first-order chi connectivity index (χ1) is 11.2. The Kier molecular flexibility index (Phi) is 5.79. The highest BCUT2D eigenvalue weighted by atomic mass is 32.2. The largest absolute Gasteiger partial charge is 0.497 e. The molecule has 0 spiro atoms. The minimum atomic E-state index is -3.89. The molecular formula is C15H22N2O5S2. The van der Waals surface area contributed by atoms with Crippen molar-refractivity contribution in [2.45, 2.75) is 36.0 Å². The van der Waals surface area contributed by atoms with Crippen LogP contribution in [0, 0.1) is 0 Å². The number of hydrogen-bond acceptors (Lipinski definition) is 6. The fourth-order valence-electron chi connectivity index (χ4n) is 2.76. The van der Waals surface area contributed by atoms with Crippen LogP contribution < -0.4 is 10.2 Å². The molecule has 134 valence electrons. The molecule has 0 bridgehead atoms. The van der Waals surface area contributed by atoms with E-state index in [0.29, 0.717) is 12.2 Å². The van der Waals surface area contributed by atoms with Gasteiger partial charge in [0.1, 0.15) is 11.8 Å². The predicted octanol–water partition coefficient (Wildman–Crippen LogP) is 1.48. The fourth-order valence-corrected chi connectivity index (χ4v) is 5.78. The number of methoxy groups -OCH3 is 1. The number of nitrogens with one attached hydrogen (secondary N) is 1. The number of sulfonamides is 1. The molecular weight excluding hydrogens is 352 g/mol. The number of amides is 1. The number of ether oxygens (including phenoxy) is 1. The number of hydroxylamine groups is 1. The molecule has 1 amide bonds. The maximum Gasteiger partial charge on any atom is 0.263 e. The Labute approximate surface area is 146 Å². The van der Waals surface area contributed by atoms with E-state index in [2.05, 4.69) is 0 Å². The zero-order chi connectivity index (χ0) is 18.0. The maximum atomic E-state index is 13.1. The van der Waals surface area contributed by atoms with Crippen molar-refractivity contribution in [3.8, 4) is 5.75 Å². The molecule has 0 saturated carbocycles. The van der Waals surface area contributed by atoms with Gasteiger partial charge in [0, 0.05) is 11.3 Å². The minimum Gasteiger partial charge on any atom is -0.497 e. The summed E-state index contributed by atoms with van der Waals surface area (Å²) in [5.74, 6) is 0.549. The van der Waals surface area contributed by atoms with E-state index in [0.717, 1.165) is 5.75 Å². The van der Waals surface area contributed by atoms with Crippen LogP contribution in [-0.4, -0.2) is 54.0 Å². The van der Waals surface area contributed by atoms with Gasteiger partial charge in [-0.25, -0.2) is 13.9 Å². The van der Waals surface area contributed by atoms with Crippen LogP contribution in [0.15, 0.2) is 29.2 Å². The van der Waals surface area contributed by atoms with Crippen molar-refractivity contribution in [1.29, 1.82) is 0 Å². The van der Waals surface area contributed by atoms with Gasteiger partial charge in [-0.2, -0.15) is 16.1 Å². The van der Waals surface area contributed by atoms with Crippen molar-refractivity contribution < 1.29 is 23.2 Å². The van der Waals surface area contributed by atoms with Crippen molar-refractivity contribution in [2.24, 2.45) is 0 Å². The number of thioether (sulfide) groups is 1. The summed E-state index contributed by atoms with van der Waals surface area (Å²) in [6.45, 7) is 3.82. The molecule has 1 atom stereocenters. The Morgan fingerprint density at radius 1 is 1.38 bits per heavy atom. The van der Waals surface area contributed by atoms with Crippen molar-refractivity contribution in [1.82, 2.24) is 9.79 Å². The third kappa shape index (κ3) is 3.69. The topological polar surface area (TPSA) is 95.9 Å². The van der Waals surface area contributed by atoms with E-state index in [9.17, 15) is 13.2 Å². The monoisotopic (exact) mass is 374 g/mol. The van der Waals surface area contributed by atoms with Crippen LogP contribution in [0.2, 0.25) is 0 Å². The second-order valence-corrected chi connectivity index (χ2v) is 9.62. The van der Waals surface area contributed by atoms with E-state index < -0.39 is 26.7 Å². The smallest absolute Gasteiger partial charge is 0.263 e. The highest BCUT2D eigenvalue weighted by molar-refractivity contribution is 8.00. The average Bonchev–Trinajstić information content (AvgIpc) is 2.72. The van der Waals surface area contributed by atoms with Gasteiger partial charge in [-0.15, -0.1) is 0 Å². The standard InChI is InChI=1S/C15H22N2O5S2/c1-15(2)13(14(18)16-19)17(9-4-10-23-15)24(20,21)12-7-5-11(22-3)6-8-12/h5-8,13,19H,4,9-10H2,1-3H3,(H,16,18)/t13-/m1/s1. The first-order valence-corrected chi connectivity index (χ1v) is 9.90. The number of carbonyl (C=O) groups is 1. The second kappa shape index (κ2) is 7.30. The number of benzene rings is 1. The highest BCUT2D eigenvalue weighted by Crippen LogP contribution is 2.37. The van der Waals surface area contributed by atoms with Crippen molar-refractivity contribution in [3.05, 3.63) is 24.3 Å². The van der Waals surface area contributed by atoms with E-state index in [1.165, 1.54) is 35.3 Å².